The van der Waals surface area contributed by atoms with Crippen molar-refractivity contribution >= 4 is 27.3 Å². The molecule has 0 aromatic heterocycles. The lowest BCUT2D eigenvalue weighted by atomic mass is 9.88. The molecule has 0 saturated heterocycles. The quantitative estimate of drug-likeness (QED) is 0.843. The third-order valence-corrected chi connectivity index (χ3v) is 5.43. The fourth-order valence-electron chi connectivity index (χ4n) is 2.42. The Kier molecular flexibility index (Phi) is 4.38. The van der Waals surface area contributed by atoms with Crippen LogP contribution in [0.2, 0.25) is 5.02 Å². The van der Waals surface area contributed by atoms with Crippen molar-refractivity contribution in [3.63, 3.8) is 0 Å². The Morgan fingerprint density at radius 2 is 1.89 bits per heavy atom. The van der Waals surface area contributed by atoms with E-state index in [0.29, 0.717) is 10.9 Å². The van der Waals surface area contributed by atoms with Crippen molar-refractivity contribution in [2.45, 2.75) is 43.5 Å². The molecule has 0 heterocycles. The van der Waals surface area contributed by atoms with Gasteiger partial charge in [-0.25, -0.2) is 13.1 Å². The van der Waals surface area contributed by atoms with E-state index >= 15 is 0 Å². The summed E-state index contributed by atoms with van der Waals surface area (Å²) in [6.45, 7) is 2.20. The fraction of sp³-hybridized carbons (Fsp3) is 0.538. The minimum absolute atomic E-state index is 0.0104. The molecule has 0 bridgehead atoms. The normalized spacial score (nSPS) is 24.3. The average molecular weight is 303 g/mol. The number of hydrogen-bond acceptors (Lipinski definition) is 3. The van der Waals surface area contributed by atoms with Crippen LogP contribution >= 0.6 is 11.6 Å². The maximum Gasteiger partial charge on any atom is 0.242 e. The number of anilines is 1. The molecule has 106 valence electrons. The van der Waals surface area contributed by atoms with E-state index in [0.717, 1.165) is 25.7 Å². The van der Waals surface area contributed by atoms with Crippen molar-refractivity contribution in [2.75, 3.05) is 5.73 Å². The molecule has 19 heavy (non-hydrogen) atoms. The van der Waals surface area contributed by atoms with Gasteiger partial charge in [0.25, 0.3) is 0 Å². The van der Waals surface area contributed by atoms with Gasteiger partial charge in [-0.2, -0.15) is 0 Å². The number of halogens is 1. The van der Waals surface area contributed by atoms with Gasteiger partial charge in [-0.05, 0) is 49.8 Å². The second-order valence-electron chi connectivity index (χ2n) is 5.26. The number of hydrogen-bond donors (Lipinski definition) is 2. The summed E-state index contributed by atoms with van der Waals surface area (Å²) in [6, 6.07) is 4.45. The largest absolute Gasteiger partial charge is 0.398 e. The monoisotopic (exact) mass is 302 g/mol. The molecule has 0 spiro atoms. The van der Waals surface area contributed by atoms with Gasteiger partial charge in [0, 0.05) is 11.1 Å². The Morgan fingerprint density at radius 3 is 2.47 bits per heavy atom. The zero-order valence-electron chi connectivity index (χ0n) is 10.9. The molecule has 1 aliphatic carbocycles. The van der Waals surface area contributed by atoms with Crippen LogP contribution in [-0.4, -0.2) is 14.5 Å². The van der Waals surface area contributed by atoms with Crippen molar-refractivity contribution in [1.29, 1.82) is 0 Å². The predicted molar refractivity (Wildman–Crippen MR) is 77.6 cm³/mol. The lowest BCUT2D eigenvalue weighted by Gasteiger charge is -2.26. The summed E-state index contributed by atoms with van der Waals surface area (Å²) >= 11 is 5.78. The Bertz CT molecular complexity index is 552. The molecule has 1 aromatic carbocycles. The number of nitrogens with one attached hydrogen (secondary N) is 1. The standard InChI is InChI=1S/C13H19ClN2O2S/c1-9-2-5-11(6-3-9)16-19(17,18)13-7-4-10(14)8-12(13)15/h4,7-9,11,16H,2-3,5-6,15H2,1H3. The lowest BCUT2D eigenvalue weighted by molar-refractivity contribution is 0.332. The first-order chi connectivity index (χ1) is 8.88. The minimum Gasteiger partial charge on any atom is -0.398 e. The van der Waals surface area contributed by atoms with Gasteiger partial charge < -0.3 is 5.73 Å². The highest BCUT2D eigenvalue weighted by atomic mass is 35.5. The van der Waals surface area contributed by atoms with Crippen LogP contribution in [0.1, 0.15) is 32.6 Å². The van der Waals surface area contributed by atoms with Gasteiger partial charge in [-0.15, -0.1) is 0 Å². The van der Waals surface area contributed by atoms with Crippen LogP contribution in [0, 0.1) is 5.92 Å². The number of nitrogens with two attached hydrogens (primary N) is 1. The minimum atomic E-state index is -3.56. The van der Waals surface area contributed by atoms with Crippen LogP contribution in [-0.2, 0) is 10.0 Å². The molecule has 0 atom stereocenters. The summed E-state index contributed by atoms with van der Waals surface area (Å²) in [6.07, 6.45) is 3.88. The van der Waals surface area contributed by atoms with E-state index in [1.807, 2.05) is 0 Å². The molecule has 1 aliphatic rings. The van der Waals surface area contributed by atoms with Crippen LogP contribution in [0.15, 0.2) is 23.1 Å². The first kappa shape index (κ1) is 14.6. The van der Waals surface area contributed by atoms with Crippen molar-refractivity contribution in [3.8, 4) is 0 Å². The Balaban J connectivity index is 2.14. The molecular formula is C13H19ClN2O2S. The van der Waals surface area contributed by atoms with E-state index in [4.69, 9.17) is 17.3 Å². The molecule has 4 nitrogen and oxygen atoms in total. The number of rotatable bonds is 3. The molecule has 0 unspecified atom stereocenters. The van der Waals surface area contributed by atoms with E-state index in [2.05, 4.69) is 11.6 Å². The van der Waals surface area contributed by atoms with Crippen LogP contribution in [0.4, 0.5) is 5.69 Å². The zero-order valence-corrected chi connectivity index (χ0v) is 12.5. The van der Waals surface area contributed by atoms with Crippen LogP contribution in [0.5, 0.6) is 0 Å². The summed E-state index contributed by atoms with van der Waals surface area (Å²) in [5.74, 6) is 0.682. The van der Waals surface area contributed by atoms with E-state index < -0.39 is 10.0 Å². The highest BCUT2D eigenvalue weighted by Gasteiger charge is 2.25. The third kappa shape index (κ3) is 3.61. The SMILES string of the molecule is CC1CCC(NS(=O)(=O)c2ccc(Cl)cc2N)CC1. The van der Waals surface area contributed by atoms with Gasteiger partial charge in [0.05, 0.1) is 5.69 Å². The molecule has 3 N–H and O–H groups in total. The maximum absolute atomic E-state index is 12.3. The van der Waals surface area contributed by atoms with Crippen LogP contribution in [0.25, 0.3) is 0 Å². The lowest BCUT2D eigenvalue weighted by Crippen LogP contribution is -2.37. The molecule has 2 rings (SSSR count). The van der Waals surface area contributed by atoms with Crippen LogP contribution in [0.3, 0.4) is 0 Å². The maximum atomic E-state index is 12.3. The zero-order chi connectivity index (χ0) is 14.0. The molecule has 1 saturated carbocycles. The summed E-state index contributed by atoms with van der Waals surface area (Å²) in [5.41, 5.74) is 5.92. The number of benzene rings is 1. The highest BCUT2D eigenvalue weighted by Crippen LogP contribution is 2.27. The Morgan fingerprint density at radius 1 is 1.26 bits per heavy atom. The second-order valence-corrected chi connectivity index (χ2v) is 7.38. The number of nitrogen functional groups attached to an aromatic ring is 1. The van der Waals surface area contributed by atoms with E-state index in [9.17, 15) is 8.42 Å². The van der Waals surface area contributed by atoms with Gasteiger partial charge in [0.1, 0.15) is 4.90 Å². The molecule has 1 fully saturated rings. The fourth-order valence-corrected chi connectivity index (χ4v) is 4.02. The summed E-state index contributed by atoms with van der Waals surface area (Å²) in [5, 5.41) is 0.433. The predicted octanol–water partition coefficient (Wildman–Crippen LogP) is 2.78. The molecule has 0 radical (unpaired) electrons. The molecular weight excluding hydrogens is 284 g/mol. The van der Waals surface area contributed by atoms with Crippen molar-refractivity contribution in [2.24, 2.45) is 5.92 Å². The molecule has 6 heteroatoms. The average Bonchev–Trinajstić information content (AvgIpc) is 2.31. The van der Waals surface area contributed by atoms with E-state index in [1.165, 1.54) is 18.2 Å². The van der Waals surface area contributed by atoms with Crippen molar-refractivity contribution in [1.82, 2.24) is 4.72 Å². The first-order valence-corrected chi connectivity index (χ1v) is 8.32. The van der Waals surface area contributed by atoms with Gasteiger partial charge >= 0.3 is 0 Å². The van der Waals surface area contributed by atoms with Crippen LogP contribution < -0.4 is 10.5 Å². The van der Waals surface area contributed by atoms with E-state index in [1.54, 1.807) is 0 Å². The second kappa shape index (κ2) is 5.69. The highest BCUT2D eigenvalue weighted by molar-refractivity contribution is 7.89. The first-order valence-electron chi connectivity index (χ1n) is 6.46. The van der Waals surface area contributed by atoms with Gasteiger partial charge in [0.15, 0.2) is 0 Å². The summed E-state index contributed by atoms with van der Waals surface area (Å²) in [4.78, 5) is 0.107. The molecule has 1 aromatic rings. The van der Waals surface area contributed by atoms with Crippen molar-refractivity contribution < 1.29 is 8.42 Å². The summed E-state index contributed by atoms with van der Waals surface area (Å²) in [7, 11) is -3.56. The van der Waals surface area contributed by atoms with E-state index in [-0.39, 0.29) is 16.6 Å². The topological polar surface area (TPSA) is 72.2 Å². The third-order valence-electron chi connectivity index (χ3n) is 3.60. The smallest absolute Gasteiger partial charge is 0.242 e. The molecule has 0 aliphatic heterocycles. The van der Waals surface area contributed by atoms with Gasteiger partial charge in [0.2, 0.25) is 10.0 Å². The molecule has 0 amide bonds. The van der Waals surface area contributed by atoms with Crippen molar-refractivity contribution in [3.05, 3.63) is 23.2 Å². The van der Waals surface area contributed by atoms with Gasteiger partial charge in [-0.3, -0.25) is 0 Å². The van der Waals surface area contributed by atoms with Gasteiger partial charge in [-0.1, -0.05) is 18.5 Å². The Hall–Kier alpha value is -0.780. The Labute approximate surface area is 119 Å². The number of sulfonamides is 1. The summed E-state index contributed by atoms with van der Waals surface area (Å²) < 4.78 is 27.3.